The van der Waals surface area contributed by atoms with Crippen LogP contribution in [0.4, 0.5) is 24.5 Å². The van der Waals surface area contributed by atoms with Crippen LogP contribution in [-0.4, -0.2) is 42.5 Å². The van der Waals surface area contributed by atoms with E-state index >= 15 is 0 Å². The monoisotopic (exact) mass is 467 g/mol. The highest BCUT2D eigenvalue weighted by atomic mass is 19.4. The summed E-state index contributed by atoms with van der Waals surface area (Å²) >= 11 is 0. The molecule has 0 radical (unpaired) electrons. The van der Waals surface area contributed by atoms with E-state index in [4.69, 9.17) is 9.47 Å². The number of benzene rings is 2. The number of ether oxygens (including phenoxy) is 2. The minimum Gasteiger partial charge on any atom is -0.497 e. The Morgan fingerprint density at radius 2 is 1.91 bits per heavy atom. The second kappa shape index (κ2) is 9.97. The Morgan fingerprint density at radius 1 is 1.18 bits per heavy atom. The fourth-order valence-electron chi connectivity index (χ4n) is 3.45. The molecule has 1 saturated carbocycles. The van der Waals surface area contributed by atoms with Crippen molar-refractivity contribution in [1.82, 2.24) is 4.90 Å². The maximum atomic E-state index is 12.9. The molecule has 0 unspecified atom stereocenters. The van der Waals surface area contributed by atoms with E-state index in [1.807, 2.05) is 0 Å². The molecule has 0 bridgehead atoms. The molecule has 0 spiro atoms. The highest BCUT2D eigenvalue weighted by Crippen LogP contribution is 2.35. The number of nitrogens with zero attached hydrogens (tertiary/aromatic N) is 2. The summed E-state index contributed by atoms with van der Waals surface area (Å²) in [7, 11) is 3.08. The summed E-state index contributed by atoms with van der Waals surface area (Å²) in [6, 6.07) is 7.66. The third-order valence-electron chi connectivity index (χ3n) is 5.31. The number of rotatable bonds is 10. The molecule has 2 aromatic carbocycles. The van der Waals surface area contributed by atoms with E-state index < -0.39 is 22.4 Å². The number of alkyl halides is 3. The van der Waals surface area contributed by atoms with Crippen LogP contribution in [0.25, 0.3) is 0 Å². The normalized spacial score (nSPS) is 13.4. The predicted octanol–water partition coefficient (Wildman–Crippen LogP) is 4.62. The van der Waals surface area contributed by atoms with E-state index in [0.717, 1.165) is 30.5 Å². The minimum absolute atomic E-state index is 0.0148. The van der Waals surface area contributed by atoms with Crippen LogP contribution in [0.3, 0.4) is 0 Å². The van der Waals surface area contributed by atoms with Crippen LogP contribution in [-0.2, 0) is 17.5 Å². The topological polar surface area (TPSA) is 93.9 Å². The molecule has 1 amide bonds. The lowest BCUT2D eigenvalue weighted by molar-refractivity contribution is -0.384. The van der Waals surface area contributed by atoms with E-state index in [2.05, 4.69) is 5.32 Å². The van der Waals surface area contributed by atoms with Crippen LogP contribution < -0.4 is 14.8 Å². The highest BCUT2D eigenvalue weighted by Gasteiger charge is 2.34. The molecule has 3 rings (SSSR count). The van der Waals surface area contributed by atoms with Gasteiger partial charge in [-0.2, -0.15) is 13.2 Å². The van der Waals surface area contributed by atoms with Gasteiger partial charge < -0.3 is 19.7 Å². The molecule has 8 nitrogen and oxygen atoms in total. The fraction of sp³-hybridized carbons (Fsp3) is 0.409. The van der Waals surface area contributed by atoms with Gasteiger partial charge in [-0.1, -0.05) is 0 Å². The highest BCUT2D eigenvalue weighted by molar-refractivity contribution is 5.78. The number of carbonyl (C=O) groups excluding carboxylic acids is 1. The van der Waals surface area contributed by atoms with Crippen molar-refractivity contribution >= 4 is 17.3 Å². The van der Waals surface area contributed by atoms with Gasteiger partial charge in [0.05, 0.1) is 24.7 Å². The van der Waals surface area contributed by atoms with Crippen molar-refractivity contribution in [2.75, 3.05) is 26.1 Å². The number of hydrogen-bond acceptors (Lipinski definition) is 6. The van der Waals surface area contributed by atoms with Gasteiger partial charge in [-0.3, -0.25) is 14.9 Å². The molecule has 0 aromatic heterocycles. The molecule has 1 aliphatic carbocycles. The first-order valence-corrected chi connectivity index (χ1v) is 10.2. The van der Waals surface area contributed by atoms with Gasteiger partial charge in [0, 0.05) is 37.2 Å². The summed E-state index contributed by atoms with van der Waals surface area (Å²) in [5.74, 6) is 1.07. The molecule has 0 aliphatic heterocycles. The molecule has 1 N–H and O–H groups in total. The third-order valence-corrected chi connectivity index (χ3v) is 5.31. The average Bonchev–Trinajstić information content (AvgIpc) is 3.61. The molecule has 1 aliphatic rings. The van der Waals surface area contributed by atoms with Gasteiger partial charge in [0.2, 0.25) is 5.91 Å². The van der Waals surface area contributed by atoms with Crippen molar-refractivity contribution in [2.45, 2.75) is 38.0 Å². The molecule has 0 atom stereocenters. The van der Waals surface area contributed by atoms with Crippen molar-refractivity contribution in [3.63, 3.8) is 0 Å². The summed E-state index contributed by atoms with van der Waals surface area (Å²) in [6.45, 7) is 0.341. The zero-order valence-electron chi connectivity index (χ0n) is 18.1. The van der Waals surface area contributed by atoms with E-state index in [0.29, 0.717) is 24.1 Å². The molecular formula is C22H24F3N3O5. The number of nitro groups is 1. The van der Waals surface area contributed by atoms with Crippen LogP contribution in [0.1, 0.15) is 30.4 Å². The molecular weight excluding hydrogens is 443 g/mol. The van der Waals surface area contributed by atoms with Crippen molar-refractivity contribution in [3.05, 3.63) is 57.6 Å². The summed E-state index contributed by atoms with van der Waals surface area (Å²) in [6.07, 6.45) is -2.93. The molecule has 178 valence electrons. The Morgan fingerprint density at radius 3 is 2.48 bits per heavy atom. The van der Waals surface area contributed by atoms with Gasteiger partial charge in [-0.05, 0) is 43.2 Å². The summed E-state index contributed by atoms with van der Waals surface area (Å²) < 4.78 is 49.2. The van der Waals surface area contributed by atoms with Gasteiger partial charge in [-0.25, -0.2) is 0 Å². The number of hydrogen-bond donors (Lipinski definition) is 1. The summed E-state index contributed by atoms with van der Waals surface area (Å²) in [5.41, 5.74) is -1.10. The number of nitro benzene ring substituents is 1. The quantitative estimate of drug-likeness (QED) is 0.405. The number of carbonyl (C=O) groups is 1. The molecule has 2 aromatic rings. The second-order valence-electron chi connectivity index (χ2n) is 7.59. The lowest BCUT2D eigenvalue weighted by Crippen LogP contribution is -2.33. The maximum Gasteiger partial charge on any atom is 0.416 e. The Labute approximate surface area is 188 Å². The smallest absolute Gasteiger partial charge is 0.416 e. The Bertz CT molecular complexity index is 1020. The molecule has 11 heteroatoms. The van der Waals surface area contributed by atoms with E-state index in [9.17, 15) is 28.1 Å². The van der Waals surface area contributed by atoms with Gasteiger partial charge >= 0.3 is 6.18 Å². The Kier molecular flexibility index (Phi) is 7.29. The van der Waals surface area contributed by atoms with E-state index in [1.165, 1.54) is 7.11 Å². The number of anilines is 1. The molecule has 0 saturated heterocycles. The van der Waals surface area contributed by atoms with Gasteiger partial charge in [0.15, 0.2) is 0 Å². The van der Waals surface area contributed by atoms with Crippen LogP contribution in [0.2, 0.25) is 0 Å². The van der Waals surface area contributed by atoms with Crippen LogP contribution in [0, 0.1) is 10.1 Å². The van der Waals surface area contributed by atoms with E-state index in [-0.39, 0.29) is 30.6 Å². The zero-order chi connectivity index (χ0) is 24.2. The van der Waals surface area contributed by atoms with Crippen molar-refractivity contribution in [2.24, 2.45) is 0 Å². The van der Waals surface area contributed by atoms with Crippen LogP contribution in [0.15, 0.2) is 36.4 Å². The number of methoxy groups -OCH3 is 2. The Balaban J connectivity index is 1.68. The van der Waals surface area contributed by atoms with Crippen molar-refractivity contribution < 1.29 is 32.4 Å². The van der Waals surface area contributed by atoms with E-state index in [1.54, 1.807) is 30.2 Å². The van der Waals surface area contributed by atoms with Gasteiger partial charge in [0.1, 0.15) is 17.2 Å². The van der Waals surface area contributed by atoms with Crippen LogP contribution >= 0.6 is 0 Å². The first-order chi connectivity index (χ1) is 15.6. The number of nitrogens with one attached hydrogen (secondary N) is 1. The average molecular weight is 467 g/mol. The second-order valence-corrected chi connectivity index (χ2v) is 7.59. The lowest BCUT2D eigenvalue weighted by atomic mass is 10.1. The van der Waals surface area contributed by atoms with Gasteiger partial charge in [-0.15, -0.1) is 0 Å². The molecule has 0 heterocycles. The van der Waals surface area contributed by atoms with Crippen molar-refractivity contribution in [1.29, 1.82) is 0 Å². The standard InChI is InChI=1S/C22H24F3N3O5/c1-32-17-6-8-20(33-2)14(11-17)13-27(16-4-5-16)21(29)9-10-26-18-7-3-15(22(23,24)25)12-19(18)28(30)31/h3,6-8,11-12,16,26H,4-5,9-10,13H2,1-2H3. The minimum atomic E-state index is -4.69. The first kappa shape index (κ1) is 24.1. The molecule has 33 heavy (non-hydrogen) atoms. The largest absolute Gasteiger partial charge is 0.497 e. The third kappa shape index (κ3) is 6.05. The fourth-order valence-corrected chi connectivity index (χ4v) is 3.45. The summed E-state index contributed by atoms with van der Waals surface area (Å²) in [4.78, 5) is 25.0. The predicted molar refractivity (Wildman–Crippen MR) is 114 cm³/mol. The number of halogens is 3. The number of amides is 1. The SMILES string of the molecule is COc1ccc(OC)c(CN(C(=O)CCNc2ccc(C(F)(F)F)cc2[N+](=O)[O-])C2CC2)c1. The summed E-state index contributed by atoms with van der Waals surface area (Å²) in [5, 5.41) is 13.9. The zero-order valence-corrected chi connectivity index (χ0v) is 18.1. The van der Waals surface area contributed by atoms with Crippen LogP contribution in [0.5, 0.6) is 11.5 Å². The van der Waals surface area contributed by atoms with Gasteiger partial charge in [0.25, 0.3) is 5.69 Å². The van der Waals surface area contributed by atoms with Crippen molar-refractivity contribution in [3.8, 4) is 11.5 Å². The molecule has 1 fully saturated rings. The first-order valence-electron chi connectivity index (χ1n) is 10.2. The lowest BCUT2D eigenvalue weighted by Gasteiger charge is -2.24. The maximum absolute atomic E-state index is 12.9. The Hall–Kier alpha value is -3.50.